The van der Waals surface area contributed by atoms with E-state index in [4.69, 9.17) is 4.74 Å². The van der Waals surface area contributed by atoms with Crippen LogP contribution in [0.4, 0.5) is 0 Å². The van der Waals surface area contributed by atoms with Crippen molar-refractivity contribution in [3.63, 3.8) is 0 Å². The molecule has 1 fully saturated rings. The van der Waals surface area contributed by atoms with E-state index in [1.807, 2.05) is 0 Å². The summed E-state index contributed by atoms with van der Waals surface area (Å²) in [7, 11) is 0. The zero-order valence-corrected chi connectivity index (χ0v) is 19.7. The molecule has 5 N–H and O–H groups in total. The average Bonchev–Trinajstić information content (AvgIpc) is 2.74. The van der Waals surface area contributed by atoms with Crippen LogP contribution in [-0.4, -0.2) is 63.1 Å². The van der Waals surface area contributed by atoms with Crippen LogP contribution in [0.25, 0.3) is 0 Å². The second kappa shape index (κ2) is 16.0. The second-order valence-corrected chi connectivity index (χ2v) is 9.19. The highest BCUT2D eigenvalue weighted by Gasteiger charge is 2.53. The van der Waals surface area contributed by atoms with Gasteiger partial charge in [0.25, 0.3) is 0 Å². The number of carbonyl (C=O) groups is 1. The largest absolute Gasteiger partial charge is 0.394 e. The smallest absolute Gasteiger partial charge is 0.217 e. The van der Waals surface area contributed by atoms with E-state index in [1.165, 1.54) is 71.1 Å². The molecule has 1 heterocycles. The van der Waals surface area contributed by atoms with Crippen LogP contribution in [0.1, 0.15) is 110 Å². The topological polar surface area (TPSA) is 119 Å². The molecule has 1 aliphatic rings. The second-order valence-electron chi connectivity index (χ2n) is 9.19. The summed E-state index contributed by atoms with van der Waals surface area (Å²) in [6.45, 7) is 3.01. The standard InChI is InChI=1S/C24H47NO6/c1-3-4-5-6-7-8-9-10-11-12-13-14-15-16-17-24(30)23(25-19(2)27)22(29)21(28)20(18-26)31-24/h20-23,26,28-30H,3-18H2,1-2H3,(H,25,27)/t20-,21+,22+,23-,24?/m1/s1. The van der Waals surface area contributed by atoms with Crippen molar-refractivity contribution >= 4 is 5.91 Å². The molecule has 1 saturated heterocycles. The number of carbonyl (C=O) groups excluding carboxylic acids is 1. The van der Waals surface area contributed by atoms with Crippen LogP contribution >= 0.6 is 0 Å². The van der Waals surface area contributed by atoms with Gasteiger partial charge in [-0.25, -0.2) is 0 Å². The zero-order chi connectivity index (χ0) is 23.1. The highest BCUT2D eigenvalue weighted by Crippen LogP contribution is 2.32. The Labute approximate surface area is 188 Å². The maximum atomic E-state index is 11.5. The SMILES string of the molecule is CCCCCCCCCCCCCCCCC1(O)O[C@H](CO)[C@H](O)[C@H](O)[C@H]1NC(C)=O. The number of amides is 1. The number of ether oxygens (including phenoxy) is 1. The molecule has 0 aromatic heterocycles. The Morgan fingerprint density at radius 3 is 1.71 bits per heavy atom. The van der Waals surface area contributed by atoms with Gasteiger partial charge in [-0.15, -0.1) is 0 Å². The summed E-state index contributed by atoms with van der Waals surface area (Å²) in [4.78, 5) is 11.5. The molecule has 1 rings (SSSR count). The van der Waals surface area contributed by atoms with E-state index in [0.29, 0.717) is 6.42 Å². The lowest BCUT2D eigenvalue weighted by molar-refractivity contribution is -0.321. The summed E-state index contributed by atoms with van der Waals surface area (Å²) in [5, 5.41) is 43.2. The van der Waals surface area contributed by atoms with Gasteiger partial charge in [-0.2, -0.15) is 0 Å². The molecule has 0 aromatic carbocycles. The number of aliphatic hydroxyl groups is 4. The van der Waals surface area contributed by atoms with Gasteiger partial charge in [-0.3, -0.25) is 4.79 Å². The van der Waals surface area contributed by atoms with Crippen LogP contribution in [0.2, 0.25) is 0 Å². The van der Waals surface area contributed by atoms with Crippen LogP contribution in [0, 0.1) is 0 Å². The molecule has 184 valence electrons. The summed E-state index contributed by atoms with van der Waals surface area (Å²) in [6.07, 6.45) is 13.4. The van der Waals surface area contributed by atoms with Gasteiger partial charge in [0.2, 0.25) is 5.91 Å². The summed E-state index contributed by atoms with van der Waals surface area (Å²) >= 11 is 0. The van der Waals surface area contributed by atoms with Gasteiger partial charge in [-0.1, -0.05) is 90.4 Å². The minimum atomic E-state index is -1.81. The number of aliphatic hydroxyl groups excluding tert-OH is 3. The third kappa shape index (κ3) is 10.6. The molecule has 5 atom stereocenters. The Bertz CT molecular complexity index is 477. The predicted octanol–water partition coefficient (Wildman–Crippen LogP) is 3.16. The molecule has 0 saturated carbocycles. The summed E-state index contributed by atoms with van der Waals surface area (Å²) in [5.41, 5.74) is 0. The molecular formula is C24H47NO6. The van der Waals surface area contributed by atoms with Gasteiger partial charge in [0.05, 0.1) is 6.61 Å². The van der Waals surface area contributed by atoms with Crippen molar-refractivity contribution in [3.05, 3.63) is 0 Å². The minimum Gasteiger partial charge on any atom is -0.394 e. The monoisotopic (exact) mass is 445 g/mol. The Morgan fingerprint density at radius 1 is 0.839 bits per heavy atom. The molecule has 0 aromatic rings. The molecule has 1 amide bonds. The van der Waals surface area contributed by atoms with E-state index < -0.39 is 42.7 Å². The summed E-state index contributed by atoms with van der Waals surface area (Å²) in [6, 6.07) is -1.13. The Morgan fingerprint density at radius 2 is 1.29 bits per heavy atom. The lowest BCUT2D eigenvalue weighted by Gasteiger charge is -2.47. The maximum absolute atomic E-state index is 11.5. The van der Waals surface area contributed by atoms with E-state index in [1.54, 1.807) is 0 Å². The number of hydrogen-bond acceptors (Lipinski definition) is 6. The van der Waals surface area contributed by atoms with Crippen LogP contribution in [0.3, 0.4) is 0 Å². The fourth-order valence-electron chi connectivity index (χ4n) is 4.44. The molecule has 0 bridgehead atoms. The zero-order valence-electron chi connectivity index (χ0n) is 19.7. The maximum Gasteiger partial charge on any atom is 0.217 e. The average molecular weight is 446 g/mol. The van der Waals surface area contributed by atoms with E-state index in [9.17, 15) is 25.2 Å². The van der Waals surface area contributed by atoms with Crippen molar-refractivity contribution in [3.8, 4) is 0 Å². The Balaban J connectivity index is 2.20. The lowest BCUT2D eigenvalue weighted by Crippen LogP contribution is -2.70. The summed E-state index contributed by atoms with van der Waals surface area (Å²) < 4.78 is 5.51. The van der Waals surface area contributed by atoms with Gasteiger partial charge >= 0.3 is 0 Å². The number of nitrogens with one attached hydrogen (secondary N) is 1. The van der Waals surface area contributed by atoms with Crippen molar-refractivity contribution < 1.29 is 30.0 Å². The molecule has 0 aliphatic carbocycles. The molecule has 0 radical (unpaired) electrons. The van der Waals surface area contributed by atoms with Crippen LogP contribution in [0.15, 0.2) is 0 Å². The first-order valence-electron chi connectivity index (χ1n) is 12.5. The normalized spacial score (nSPS) is 28.6. The van der Waals surface area contributed by atoms with Crippen molar-refractivity contribution in [1.29, 1.82) is 0 Å². The molecule has 0 spiro atoms. The van der Waals surface area contributed by atoms with E-state index in [0.717, 1.165) is 19.3 Å². The predicted molar refractivity (Wildman–Crippen MR) is 121 cm³/mol. The fraction of sp³-hybridized carbons (Fsp3) is 0.958. The highest BCUT2D eigenvalue weighted by atomic mass is 16.6. The lowest BCUT2D eigenvalue weighted by atomic mass is 9.87. The van der Waals surface area contributed by atoms with Gasteiger partial charge in [0, 0.05) is 13.3 Å². The number of rotatable bonds is 17. The molecule has 1 unspecified atom stereocenters. The van der Waals surface area contributed by atoms with Gasteiger partial charge in [0.15, 0.2) is 5.79 Å². The van der Waals surface area contributed by atoms with Crippen molar-refractivity contribution in [2.24, 2.45) is 0 Å². The summed E-state index contributed by atoms with van der Waals surface area (Å²) in [5.74, 6) is -2.24. The third-order valence-electron chi connectivity index (χ3n) is 6.34. The first kappa shape index (κ1) is 28.3. The highest BCUT2D eigenvalue weighted by molar-refractivity contribution is 5.73. The van der Waals surface area contributed by atoms with Crippen molar-refractivity contribution in [2.45, 2.75) is 140 Å². The van der Waals surface area contributed by atoms with E-state index in [2.05, 4.69) is 12.2 Å². The fourth-order valence-corrected chi connectivity index (χ4v) is 4.44. The van der Waals surface area contributed by atoms with Crippen LogP contribution in [-0.2, 0) is 9.53 Å². The quantitative estimate of drug-likeness (QED) is 0.219. The van der Waals surface area contributed by atoms with Crippen LogP contribution in [0.5, 0.6) is 0 Å². The first-order chi connectivity index (χ1) is 14.9. The minimum absolute atomic E-state index is 0.219. The number of hydrogen-bond donors (Lipinski definition) is 5. The number of unbranched alkanes of at least 4 members (excludes halogenated alkanes) is 13. The van der Waals surface area contributed by atoms with Crippen molar-refractivity contribution in [2.75, 3.05) is 6.61 Å². The molecule has 7 nitrogen and oxygen atoms in total. The Kier molecular flexibility index (Phi) is 14.6. The Hall–Kier alpha value is -0.730. The van der Waals surface area contributed by atoms with Crippen LogP contribution < -0.4 is 5.32 Å². The first-order valence-corrected chi connectivity index (χ1v) is 12.5. The van der Waals surface area contributed by atoms with Gasteiger partial charge in [0.1, 0.15) is 24.4 Å². The molecule has 31 heavy (non-hydrogen) atoms. The third-order valence-corrected chi connectivity index (χ3v) is 6.34. The van der Waals surface area contributed by atoms with Gasteiger partial charge < -0.3 is 30.5 Å². The van der Waals surface area contributed by atoms with E-state index >= 15 is 0 Å². The van der Waals surface area contributed by atoms with E-state index in [-0.39, 0.29) is 6.42 Å². The molecular weight excluding hydrogens is 398 g/mol. The van der Waals surface area contributed by atoms with Crippen molar-refractivity contribution in [1.82, 2.24) is 5.32 Å². The van der Waals surface area contributed by atoms with Gasteiger partial charge in [-0.05, 0) is 6.42 Å². The molecule has 7 heteroatoms. The molecule has 1 aliphatic heterocycles.